The number of benzene rings is 2. The third-order valence-electron chi connectivity index (χ3n) is 4.57. The van der Waals surface area contributed by atoms with E-state index in [-0.39, 0.29) is 0 Å². The number of aryl methyl sites for hydroxylation is 2. The fourth-order valence-corrected chi connectivity index (χ4v) is 3.20. The normalized spacial score (nSPS) is 14.0. The van der Waals surface area contributed by atoms with Crippen LogP contribution in [0.1, 0.15) is 23.1 Å². The summed E-state index contributed by atoms with van der Waals surface area (Å²) in [5.74, 6) is 2.80. The van der Waals surface area contributed by atoms with Crippen molar-refractivity contribution in [1.29, 1.82) is 0 Å². The molecule has 0 N–H and O–H groups in total. The molecule has 3 rings (SSSR count). The molecule has 0 fully saturated rings. The van der Waals surface area contributed by atoms with Crippen LogP contribution in [0.4, 0.5) is 0 Å². The monoisotopic (exact) mass is 318 g/mol. The van der Waals surface area contributed by atoms with Crippen LogP contribution in [-0.2, 0) is 9.59 Å². The van der Waals surface area contributed by atoms with Crippen LogP contribution in [-0.4, -0.2) is 19.3 Å². The zero-order chi connectivity index (χ0) is 17.3. The van der Waals surface area contributed by atoms with Crippen molar-refractivity contribution < 1.29 is 14.3 Å². The number of carbonyl (C=O) groups excluding carboxylic acids is 2. The Bertz CT molecular complexity index is 955. The first-order chi connectivity index (χ1) is 11.6. The maximum Gasteiger partial charge on any atom is 0.150 e. The third-order valence-corrected chi connectivity index (χ3v) is 4.57. The van der Waals surface area contributed by atoms with E-state index in [1.165, 1.54) is 0 Å². The fourth-order valence-electron chi connectivity index (χ4n) is 3.20. The molecule has 0 radical (unpaired) electrons. The minimum Gasteiger partial charge on any atom is -0.496 e. The summed E-state index contributed by atoms with van der Waals surface area (Å²) in [6.07, 6.45) is 4.60. The summed E-state index contributed by atoms with van der Waals surface area (Å²) in [4.78, 5) is 22.3. The van der Waals surface area contributed by atoms with E-state index >= 15 is 0 Å². The Morgan fingerprint density at radius 2 is 1.92 bits per heavy atom. The second-order valence-corrected chi connectivity index (χ2v) is 5.97. The maximum atomic E-state index is 11.4. The highest BCUT2D eigenvalue weighted by Gasteiger charge is 2.15. The van der Waals surface area contributed by atoms with Crippen LogP contribution in [0.2, 0.25) is 0 Å². The summed E-state index contributed by atoms with van der Waals surface area (Å²) in [6, 6.07) is 8.15. The molecule has 0 unspecified atom stereocenters. The smallest absolute Gasteiger partial charge is 0.150 e. The van der Waals surface area contributed by atoms with E-state index in [4.69, 9.17) is 4.74 Å². The van der Waals surface area contributed by atoms with E-state index in [2.05, 4.69) is 6.07 Å². The number of carbonyl (C=O) groups is 1. The molecule has 24 heavy (non-hydrogen) atoms. The molecular formula is C21H18O3. The van der Waals surface area contributed by atoms with Gasteiger partial charge in [0.2, 0.25) is 0 Å². The summed E-state index contributed by atoms with van der Waals surface area (Å²) in [5.41, 5.74) is 5.18. The molecule has 0 spiro atoms. The van der Waals surface area contributed by atoms with Gasteiger partial charge in [-0.05, 0) is 65.1 Å². The van der Waals surface area contributed by atoms with Crippen LogP contribution < -0.4 is 4.74 Å². The number of aldehydes is 1. The average Bonchev–Trinajstić information content (AvgIpc) is 2.63. The highest BCUT2D eigenvalue weighted by molar-refractivity contribution is 5.98. The lowest BCUT2D eigenvalue weighted by molar-refractivity contribution is -0.104. The van der Waals surface area contributed by atoms with Crippen LogP contribution >= 0.6 is 0 Å². The molecule has 1 aliphatic carbocycles. The summed E-state index contributed by atoms with van der Waals surface area (Å²) in [7, 11) is 1.67. The third kappa shape index (κ3) is 2.60. The first kappa shape index (κ1) is 16.0. The van der Waals surface area contributed by atoms with Crippen molar-refractivity contribution in [3.05, 3.63) is 64.3 Å². The largest absolute Gasteiger partial charge is 0.496 e. The van der Waals surface area contributed by atoms with Gasteiger partial charge in [0, 0.05) is 17.6 Å². The van der Waals surface area contributed by atoms with Crippen molar-refractivity contribution in [2.24, 2.45) is 0 Å². The molecule has 0 aliphatic heterocycles. The minimum absolute atomic E-state index is 0.424. The first-order valence-electron chi connectivity index (χ1n) is 7.77. The van der Waals surface area contributed by atoms with E-state index in [1.807, 2.05) is 38.0 Å². The van der Waals surface area contributed by atoms with Gasteiger partial charge in [-0.25, -0.2) is 4.79 Å². The van der Waals surface area contributed by atoms with E-state index in [1.54, 1.807) is 19.3 Å². The topological polar surface area (TPSA) is 43.4 Å². The number of fused-ring (bicyclic) bond motifs is 1. The van der Waals surface area contributed by atoms with Crippen molar-refractivity contribution >= 4 is 28.6 Å². The van der Waals surface area contributed by atoms with Crippen LogP contribution in [0.5, 0.6) is 5.75 Å². The lowest BCUT2D eigenvalue weighted by atomic mass is 9.88. The Morgan fingerprint density at radius 1 is 1.12 bits per heavy atom. The van der Waals surface area contributed by atoms with Gasteiger partial charge in [0.15, 0.2) is 0 Å². The molecular weight excluding hydrogens is 300 g/mol. The van der Waals surface area contributed by atoms with Gasteiger partial charge in [0.05, 0.1) is 7.11 Å². The molecule has 3 nitrogen and oxygen atoms in total. The zero-order valence-electron chi connectivity index (χ0n) is 14.0. The highest BCUT2D eigenvalue weighted by atomic mass is 16.5. The van der Waals surface area contributed by atoms with Gasteiger partial charge in [0.25, 0.3) is 0 Å². The average molecular weight is 318 g/mol. The molecule has 1 aliphatic rings. The van der Waals surface area contributed by atoms with Gasteiger partial charge < -0.3 is 4.74 Å². The summed E-state index contributed by atoms with van der Waals surface area (Å²) in [6.45, 7) is 4.08. The SMILES string of the molecule is COc1cc(C)c2cc(C3=C(C=O)C=CC(=C=O)C3)ccc2c1C. The molecule has 2 aromatic rings. The second-order valence-electron chi connectivity index (χ2n) is 5.97. The first-order valence-corrected chi connectivity index (χ1v) is 7.77. The summed E-state index contributed by atoms with van der Waals surface area (Å²) in [5, 5.41) is 2.25. The van der Waals surface area contributed by atoms with Crippen molar-refractivity contribution in [3.8, 4) is 5.75 Å². The molecule has 120 valence electrons. The van der Waals surface area contributed by atoms with Crippen LogP contribution in [0.25, 0.3) is 16.3 Å². The van der Waals surface area contributed by atoms with E-state index < -0.39 is 0 Å². The molecule has 0 saturated carbocycles. The Kier molecular flexibility index (Phi) is 4.20. The Hall–Kier alpha value is -2.90. The molecule has 0 heterocycles. The van der Waals surface area contributed by atoms with Gasteiger partial charge in [-0.3, -0.25) is 4.79 Å². The van der Waals surface area contributed by atoms with Gasteiger partial charge in [-0.15, -0.1) is 0 Å². The number of ether oxygens (including phenoxy) is 1. The summed E-state index contributed by atoms with van der Waals surface area (Å²) < 4.78 is 5.43. The molecule has 0 amide bonds. The molecule has 0 bridgehead atoms. The van der Waals surface area contributed by atoms with Crippen LogP contribution in [0, 0.1) is 13.8 Å². The van der Waals surface area contributed by atoms with Gasteiger partial charge >= 0.3 is 0 Å². The van der Waals surface area contributed by atoms with Gasteiger partial charge in [-0.1, -0.05) is 18.2 Å². The molecule has 0 atom stereocenters. The zero-order valence-corrected chi connectivity index (χ0v) is 14.0. The maximum absolute atomic E-state index is 11.4. The quantitative estimate of drug-likeness (QED) is 0.631. The Balaban J connectivity index is 2.23. The van der Waals surface area contributed by atoms with Crippen molar-refractivity contribution in [2.45, 2.75) is 20.3 Å². The minimum atomic E-state index is 0.424. The lowest BCUT2D eigenvalue weighted by Gasteiger charge is -2.16. The molecule has 2 aromatic carbocycles. The van der Waals surface area contributed by atoms with Crippen LogP contribution in [0.15, 0.2) is 47.6 Å². The van der Waals surface area contributed by atoms with Gasteiger partial charge in [-0.2, -0.15) is 0 Å². The predicted octanol–water partition coefficient (Wildman–Crippen LogP) is 4.14. The highest BCUT2D eigenvalue weighted by Crippen LogP contribution is 2.35. The van der Waals surface area contributed by atoms with Crippen molar-refractivity contribution in [1.82, 2.24) is 0 Å². The Morgan fingerprint density at radius 3 is 2.58 bits per heavy atom. The molecule has 0 aromatic heterocycles. The molecule has 0 saturated heterocycles. The standard InChI is InChI=1S/C21H18O3/c1-13-8-21(24-3)14(2)18-7-6-16(10-19(13)18)20-9-15(11-22)4-5-17(20)12-23/h4-8,10,12H,9H2,1-3H3. The number of hydrogen-bond donors (Lipinski definition) is 0. The van der Waals surface area contributed by atoms with Gasteiger partial charge in [0.1, 0.15) is 18.0 Å². The van der Waals surface area contributed by atoms with E-state index in [0.29, 0.717) is 17.6 Å². The number of rotatable bonds is 3. The van der Waals surface area contributed by atoms with E-state index in [9.17, 15) is 9.59 Å². The molecule has 3 heteroatoms. The van der Waals surface area contributed by atoms with Crippen molar-refractivity contribution in [3.63, 3.8) is 0 Å². The number of methoxy groups -OCH3 is 1. The number of hydrogen-bond acceptors (Lipinski definition) is 3. The fraction of sp³-hybridized carbons (Fsp3) is 0.190. The lowest BCUT2D eigenvalue weighted by Crippen LogP contribution is -1.99. The Labute approximate surface area is 140 Å². The number of allylic oxidation sites excluding steroid dienone is 5. The van der Waals surface area contributed by atoms with Crippen LogP contribution in [0.3, 0.4) is 0 Å². The second kappa shape index (κ2) is 6.31. The predicted molar refractivity (Wildman–Crippen MR) is 95.9 cm³/mol. The summed E-state index contributed by atoms with van der Waals surface area (Å²) >= 11 is 0. The van der Waals surface area contributed by atoms with Crippen molar-refractivity contribution in [2.75, 3.05) is 7.11 Å². The van der Waals surface area contributed by atoms with E-state index in [0.717, 1.165) is 45.1 Å².